The molecule has 15 heavy (non-hydrogen) atoms. The summed E-state index contributed by atoms with van der Waals surface area (Å²) in [6, 6.07) is 11.3. The van der Waals surface area contributed by atoms with Gasteiger partial charge in [0.2, 0.25) is 0 Å². The molecule has 0 unspecified atom stereocenters. The van der Waals surface area contributed by atoms with Crippen LogP contribution in [0.15, 0.2) is 30.3 Å². The van der Waals surface area contributed by atoms with E-state index in [-0.39, 0.29) is 0 Å². The second kappa shape index (κ2) is 7.47. The van der Waals surface area contributed by atoms with Crippen molar-refractivity contribution in [1.82, 2.24) is 5.32 Å². The highest BCUT2D eigenvalue weighted by atomic mass is 14.9. The molecule has 1 aromatic carbocycles. The molecule has 1 atom stereocenters. The third-order valence-electron chi connectivity index (χ3n) is 2.78. The van der Waals surface area contributed by atoms with E-state index in [1.54, 1.807) is 0 Å². The van der Waals surface area contributed by atoms with Crippen molar-refractivity contribution in [2.75, 3.05) is 6.54 Å². The highest BCUT2D eigenvalue weighted by molar-refractivity contribution is 5.18. The summed E-state index contributed by atoms with van der Waals surface area (Å²) < 4.78 is 0. The first-order chi connectivity index (χ1) is 7.38. The maximum absolute atomic E-state index is 3.62. The van der Waals surface area contributed by atoms with E-state index in [1.165, 1.54) is 24.8 Å². The van der Waals surface area contributed by atoms with Crippen LogP contribution in [-0.4, -0.2) is 6.54 Å². The molecule has 0 aliphatic carbocycles. The van der Waals surface area contributed by atoms with Crippen LogP contribution in [0.2, 0.25) is 0 Å². The fraction of sp³-hybridized carbons (Fsp3) is 0.571. The van der Waals surface area contributed by atoms with Crippen LogP contribution in [0.1, 0.15) is 51.1 Å². The predicted molar refractivity (Wildman–Crippen MR) is 67.0 cm³/mol. The number of benzene rings is 1. The fourth-order valence-electron chi connectivity index (χ4n) is 1.83. The molecule has 0 saturated heterocycles. The second-order valence-electron chi connectivity index (χ2n) is 4.03. The van der Waals surface area contributed by atoms with Crippen LogP contribution in [0.5, 0.6) is 0 Å². The molecule has 1 N–H and O–H groups in total. The molecular formula is C14H23N. The predicted octanol–water partition coefficient (Wildman–Crippen LogP) is 3.92. The van der Waals surface area contributed by atoms with Crippen molar-refractivity contribution in [3.8, 4) is 0 Å². The van der Waals surface area contributed by atoms with Gasteiger partial charge in [0.25, 0.3) is 0 Å². The van der Waals surface area contributed by atoms with Gasteiger partial charge in [-0.1, -0.05) is 57.0 Å². The summed E-state index contributed by atoms with van der Waals surface area (Å²) in [4.78, 5) is 0. The SMILES string of the molecule is CCCCCN[C@@H](CC)c1ccccc1. The monoisotopic (exact) mass is 205 g/mol. The van der Waals surface area contributed by atoms with Crippen molar-refractivity contribution in [2.45, 2.75) is 45.6 Å². The molecule has 0 bridgehead atoms. The molecule has 0 aliphatic rings. The molecule has 0 fully saturated rings. The number of nitrogens with one attached hydrogen (secondary N) is 1. The molecule has 0 heterocycles. The van der Waals surface area contributed by atoms with E-state index in [2.05, 4.69) is 49.5 Å². The molecule has 0 radical (unpaired) electrons. The molecule has 1 aromatic rings. The van der Waals surface area contributed by atoms with Crippen LogP contribution in [0, 0.1) is 0 Å². The van der Waals surface area contributed by atoms with E-state index >= 15 is 0 Å². The lowest BCUT2D eigenvalue weighted by atomic mass is 10.0. The van der Waals surface area contributed by atoms with Crippen LogP contribution in [0.25, 0.3) is 0 Å². The van der Waals surface area contributed by atoms with Gasteiger partial charge in [0.15, 0.2) is 0 Å². The summed E-state index contributed by atoms with van der Waals surface area (Å²) in [5.41, 5.74) is 1.41. The number of rotatable bonds is 7. The van der Waals surface area contributed by atoms with Gasteiger partial charge in [-0.3, -0.25) is 0 Å². The Morgan fingerprint density at radius 1 is 1.07 bits per heavy atom. The molecule has 0 spiro atoms. The third-order valence-corrected chi connectivity index (χ3v) is 2.78. The summed E-state index contributed by atoms with van der Waals surface area (Å²) in [7, 11) is 0. The van der Waals surface area contributed by atoms with Crippen LogP contribution in [0.4, 0.5) is 0 Å². The average molecular weight is 205 g/mol. The van der Waals surface area contributed by atoms with Gasteiger partial charge in [-0.25, -0.2) is 0 Å². The van der Waals surface area contributed by atoms with Crippen molar-refractivity contribution < 1.29 is 0 Å². The average Bonchev–Trinajstić information content (AvgIpc) is 2.30. The Kier molecular flexibility index (Phi) is 6.10. The Bertz CT molecular complexity index is 243. The Labute approximate surface area is 93.9 Å². The summed E-state index contributed by atoms with van der Waals surface area (Å²) in [5.74, 6) is 0. The molecule has 1 rings (SSSR count). The first-order valence-corrected chi connectivity index (χ1v) is 6.16. The molecule has 0 amide bonds. The normalized spacial score (nSPS) is 12.7. The summed E-state index contributed by atoms with van der Waals surface area (Å²) in [6.45, 7) is 5.63. The van der Waals surface area contributed by atoms with Gasteiger partial charge in [-0.15, -0.1) is 0 Å². The lowest BCUT2D eigenvalue weighted by Crippen LogP contribution is -2.21. The number of hydrogen-bond acceptors (Lipinski definition) is 1. The minimum atomic E-state index is 0.531. The van der Waals surface area contributed by atoms with Crippen molar-refractivity contribution in [3.63, 3.8) is 0 Å². The van der Waals surface area contributed by atoms with Crippen LogP contribution < -0.4 is 5.32 Å². The van der Waals surface area contributed by atoms with Crippen LogP contribution in [-0.2, 0) is 0 Å². The van der Waals surface area contributed by atoms with Crippen LogP contribution in [0.3, 0.4) is 0 Å². The highest BCUT2D eigenvalue weighted by Crippen LogP contribution is 2.15. The summed E-state index contributed by atoms with van der Waals surface area (Å²) in [5, 5.41) is 3.62. The van der Waals surface area contributed by atoms with Crippen molar-refractivity contribution in [3.05, 3.63) is 35.9 Å². The minimum Gasteiger partial charge on any atom is -0.310 e. The van der Waals surface area contributed by atoms with Gasteiger partial charge < -0.3 is 5.32 Å². The Morgan fingerprint density at radius 2 is 1.80 bits per heavy atom. The topological polar surface area (TPSA) is 12.0 Å². The van der Waals surface area contributed by atoms with Gasteiger partial charge in [-0.05, 0) is 24.9 Å². The van der Waals surface area contributed by atoms with E-state index in [4.69, 9.17) is 0 Å². The van der Waals surface area contributed by atoms with E-state index in [1.807, 2.05) is 0 Å². The molecule has 0 aromatic heterocycles. The zero-order valence-electron chi connectivity index (χ0n) is 10.00. The molecule has 1 nitrogen and oxygen atoms in total. The largest absolute Gasteiger partial charge is 0.310 e. The highest BCUT2D eigenvalue weighted by Gasteiger charge is 2.06. The summed E-state index contributed by atoms with van der Waals surface area (Å²) >= 11 is 0. The van der Waals surface area contributed by atoms with Gasteiger partial charge in [0, 0.05) is 6.04 Å². The Hall–Kier alpha value is -0.820. The van der Waals surface area contributed by atoms with E-state index in [0.717, 1.165) is 13.0 Å². The maximum atomic E-state index is 3.62. The van der Waals surface area contributed by atoms with E-state index < -0.39 is 0 Å². The minimum absolute atomic E-state index is 0.531. The lowest BCUT2D eigenvalue weighted by Gasteiger charge is -2.17. The van der Waals surface area contributed by atoms with E-state index in [0.29, 0.717) is 6.04 Å². The zero-order chi connectivity index (χ0) is 10.9. The number of unbranched alkanes of at least 4 members (excludes halogenated alkanes) is 2. The molecule has 84 valence electrons. The summed E-state index contributed by atoms with van der Waals surface area (Å²) in [6.07, 6.45) is 5.08. The van der Waals surface area contributed by atoms with Gasteiger partial charge in [0.1, 0.15) is 0 Å². The lowest BCUT2D eigenvalue weighted by molar-refractivity contribution is 0.501. The fourth-order valence-corrected chi connectivity index (χ4v) is 1.83. The van der Waals surface area contributed by atoms with E-state index in [9.17, 15) is 0 Å². The molecule has 1 heteroatoms. The standard InChI is InChI=1S/C14H23N/c1-3-5-9-12-15-14(4-2)13-10-7-6-8-11-13/h6-8,10-11,14-15H,3-5,9,12H2,1-2H3/t14-/m0/s1. The number of hydrogen-bond donors (Lipinski definition) is 1. The maximum Gasteiger partial charge on any atom is 0.0317 e. The Morgan fingerprint density at radius 3 is 2.40 bits per heavy atom. The first-order valence-electron chi connectivity index (χ1n) is 6.16. The molecular weight excluding hydrogens is 182 g/mol. The molecule has 0 saturated carbocycles. The Balaban J connectivity index is 2.36. The molecule has 0 aliphatic heterocycles. The third kappa shape index (κ3) is 4.48. The van der Waals surface area contributed by atoms with Crippen molar-refractivity contribution in [1.29, 1.82) is 0 Å². The van der Waals surface area contributed by atoms with Gasteiger partial charge in [-0.2, -0.15) is 0 Å². The smallest absolute Gasteiger partial charge is 0.0317 e. The van der Waals surface area contributed by atoms with Crippen LogP contribution >= 0.6 is 0 Å². The van der Waals surface area contributed by atoms with Crippen molar-refractivity contribution >= 4 is 0 Å². The first kappa shape index (κ1) is 12.3. The van der Waals surface area contributed by atoms with Gasteiger partial charge in [0.05, 0.1) is 0 Å². The quantitative estimate of drug-likeness (QED) is 0.665. The van der Waals surface area contributed by atoms with Crippen molar-refractivity contribution in [2.24, 2.45) is 0 Å². The van der Waals surface area contributed by atoms with Gasteiger partial charge >= 0.3 is 0 Å². The zero-order valence-corrected chi connectivity index (χ0v) is 10.00. The second-order valence-corrected chi connectivity index (χ2v) is 4.03.